The molecule has 0 radical (unpaired) electrons. The number of H-pyrrole nitrogens is 1. The van der Waals surface area contributed by atoms with Gasteiger partial charge in [0.2, 0.25) is 0 Å². The summed E-state index contributed by atoms with van der Waals surface area (Å²) in [7, 11) is 1.59. The molecule has 0 aliphatic rings. The summed E-state index contributed by atoms with van der Waals surface area (Å²) >= 11 is 5.92. The molecule has 16 heavy (non-hydrogen) atoms. The van der Waals surface area contributed by atoms with E-state index in [9.17, 15) is 0 Å². The van der Waals surface area contributed by atoms with E-state index < -0.39 is 6.04 Å². The van der Waals surface area contributed by atoms with Gasteiger partial charge in [-0.2, -0.15) is 15.4 Å². The van der Waals surface area contributed by atoms with Crippen molar-refractivity contribution in [1.82, 2.24) is 15.4 Å². The van der Waals surface area contributed by atoms with E-state index in [1.165, 1.54) is 0 Å². The van der Waals surface area contributed by atoms with Crippen LogP contribution < -0.4 is 10.5 Å². The van der Waals surface area contributed by atoms with Gasteiger partial charge in [0, 0.05) is 10.6 Å². The topological polar surface area (TPSA) is 76.8 Å². The molecule has 1 heterocycles. The second kappa shape index (κ2) is 4.51. The van der Waals surface area contributed by atoms with Crippen LogP contribution in [0.1, 0.15) is 17.3 Å². The highest BCUT2D eigenvalue weighted by molar-refractivity contribution is 6.30. The molecule has 1 aromatic heterocycles. The summed E-state index contributed by atoms with van der Waals surface area (Å²) in [5, 5.41) is 10.8. The maximum Gasteiger partial charge on any atom is 0.124 e. The Labute approximate surface area is 97.6 Å². The lowest BCUT2D eigenvalue weighted by molar-refractivity contribution is 0.407. The molecular formula is C10H11ClN4O. The maximum absolute atomic E-state index is 6.04. The van der Waals surface area contributed by atoms with E-state index in [2.05, 4.69) is 15.4 Å². The standard InChI is InChI=1S/C10H11ClN4O/c1-16-9-3-2-6(11)4-7(9)10(12)8-5-13-15-14-8/h2-5,10H,12H2,1H3,(H,13,14,15). The molecule has 0 amide bonds. The van der Waals surface area contributed by atoms with Gasteiger partial charge in [0.25, 0.3) is 0 Å². The van der Waals surface area contributed by atoms with Crippen molar-refractivity contribution in [2.75, 3.05) is 7.11 Å². The Kier molecular flexibility index (Phi) is 3.07. The van der Waals surface area contributed by atoms with Crippen molar-refractivity contribution in [1.29, 1.82) is 0 Å². The third kappa shape index (κ3) is 2.00. The lowest BCUT2D eigenvalue weighted by atomic mass is 10.0. The summed E-state index contributed by atoms with van der Waals surface area (Å²) in [4.78, 5) is 0. The Morgan fingerprint density at radius 3 is 2.94 bits per heavy atom. The van der Waals surface area contributed by atoms with Gasteiger partial charge in [0.1, 0.15) is 11.4 Å². The van der Waals surface area contributed by atoms with Crippen LogP contribution in [-0.2, 0) is 0 Å². The zero-order chi connectivity index (χ0) is 11.5. The fourth-order valence-corrected chi connectivity index (χ4v) is 1.65. The van der Waals surface area contributed by atoms with E-state index in [-0.39, 0.29) is 0 Å². The van der Waals surface area contributed by atoms with Gasteiger partial charge in [-0.05, 0) is 18.2 Å². The molecule has 6 heteroatoms. The quantitative estimate of drug-likeness (QED) is 0.850. The molecule has 0 spiro atoms. The van der Waals surface area contributed by atoms with Gasteiger partial charge in [-0.1, -0.05) is 11.6 Å². The second-order valence-corrected chi connectivity index (χ2v) is 3.70. The summed E-state index contributed by atoms with van der Waals surface area (Å²) in [5.74, 6) is 0.680. The van der Waals surface area contributed by atoms with Gasteiger partial charge in [0.05, 0.1) is 19.3 Å². The third-order valence-electron chi connectivity index (χ3n) is 2.28. The van der Waals surface area contributed by atoms with Crippen LogP contribution >= 0.6 is 11.6 Å². The molecule has 0 bridgehead atoms. The van der Waals surface area contributed by atoms with E-state index in [4.69, 9.17) is 22.1 Å². The molecule has 3 N–H and O–H groups in total. The minimum Gasteiger partial charge on any atom is -0.496 e. The number of nitrogens with zero attached hydrogens (tertiary/aromatic N) is 2. The van der Waals surface area contributed by atoms with Crippen molar-refractivity contribution in [2.24, 2.45) is 5.73 Å². The van der Waals surface area contributed by atoms with E-state index in [0.717, 1.165) is 5.56 Å². The normalized spacial score (nSPS) is 12.4. The van der Waals surface area contributed by atoms with Crippen molar-refractivity contribution in [2.45, 2.75) is 6.04 Å². The molecule has 0 aliphatic carbocycles. The van der Waals surface area contributed by atoms with Crippen LogP contribution in [0.25, 0.3) is 0 Å². The molecular weight excluding hydrogens is 228 g/mol. The minimum atomic E-state index is -0.410. The Balaban J connectivity index is 2.42. The molecule has 0 saturated heterocycles. The molecule has 1 atom stereocenters. The van der Waals surface area contributed by atoms with Gasteiger partial charge >= 0.3 is 0 Å². The van der Waals surface area contributed by atoms with Crippen LogP contribution in [0.5, 0.6) is 5.75 Å². The predicted octanol–water partition coefficient (Wildman–Crippen LogP) is 1.51. The predicted molar refractivity (Wildman–Crippen MR) is 60.4 cm³/mol. The average Bonchev–Trinajstić information content (AvgIpc) is 2.81. The molecule has 0 aliphatic heterocycles. The third-order valence-corrected chi connectivity index (χ3v) is 2.51. The number of methoxy groups -OCH3 is 1. The smallest absolute Gasteiger partial charge is 0.124 e. The maximum atomic E-state index is 6.04. The van der Waals surface area contributed by atoms with Crippen molar-refractivity contribution in [3.05, 3.63) is 40.7 Å². The summed E-state index contributed by atoms with van der Waals surface area (Å²) in [6.45, 7) is 0. The summed E-state index contributed by atoms with van der Waals surface area (Å²) < 4.78 is 5.22. The highest BCUT2D eigenvalue weighted by atomic mass is 35.5. The molecule has 0 saturated carbocycles. The van der Waals surface area contributed by atoms with Gasteiger partial charge in [0.15, 0.2) is 0 Å². The molecule has 1 unspecified atom stereocenters. The molecule has 2 aromatic rings. The first-order chi connectivity index (χ1) is 7.72. The molecule has 0 fully saturated rings. The first kappa shape index (κ1) is 10.9. The van der Waals surface area contributed by atoms with E-state index >= 15 is 0 Å². The van der Waals surface area contributed by atoms with Gasteiger partial charge in [-0.3, -0.25) is 0 Å². The fourth-order valence-electron chi connectivity index (χ4n) is 1.47. The Hall–Kier alpha value is -1.59. The minimum absolute atomic E-state index is 0.410. The van der Waals surface area contributed by atoms with Crippen LogP contribution in [0.3, 0.4) is 0 Å². The van der Waals surface area contributed by atoms with Crippen LogP contribution in [0.15, 0.2) is 24.4 Å². The first-order valence-corrected chi connectivity index (χ1v) is 5.05. The number of hydrogen-bond donors (Lipinski definition) is 2. The number of halogens is 1. The summed E-state index contributed by atoms with van der Waals surface area (Å²) in [6.07, 6.45) is 1.57. The summed E-state index contributed by atoms with van der Waals surface area (Å²) in [5.41, 5.74) is 7.47. The van der Waals surface area contributed by atoms with Gasteiger partial charge < -0.3 is 10.5 Å². The molecule has 1 aromatic carbocycles. The molecule has 84 valence electrons. The van der Waals surface area contributed by atoms with E-state index in [1.807, 2.05) is 0 Å². The van der Waals surface area contributed by atoms with E-state index in [1.54, 1.807) is 31.5 Å². The lowest BCUT2D eigenvalue weighted by Crippen LogP contribution is -2.13. The highest BCUT2D eigenvalue weighted by Crippen LogP contribution is 2.29. The van der Waals surface area contributed by atoms with Crippen LogP contribution in [0.2, 0.25) is 5.02 Å². The number of ether oxygens (including phenoxy) is 1. The number of aromatic nitrogens is 3. The number of aromatic amines is 1. The number of benzene rings is 1. The SMILES string of the molecule is COc1ccc(Cl)cc1C(N)c1cn[nH]n1. The number of hydrogen-bond acceptors (Lipinski definition) is 4. The van der Waals surface area contributed by atoms with Crippen LogP contribution in [-0.4, -0.2) is 22.5 Å². The number of nitrogens with one attached hydrogen (secondary N) is 1. The highest BCUT2D eigenvalue weighted by Gasteiger charge is 2.16. The fraction of sp³-hybridized carbons (Fsp3) is 0.200. The molecule has 5 nitrogen and oxygen atoms in total. The number of nitrogens with two attached hydrogens (primary N) is 1. The zero-order valence-corrected chi connectivity index (χ0v) is 9.40. The largest absolute Gasteiger partial charge is 0.496 e. The van der Waals surface area contributed by atoms with E-state index in [0.29, 0.717) is 16.5 Å². The monoisotopic (exact) mass is 238 g/mol. The van der Waals surface area contributed by atoms with Gasteiger partial charge in [-0.25, -0.2) is 0 Å². The van der Waals surface area contributed by atoms with Crippen LogP contribution in [0.4, 0.5) is 0 Å². The summed E-state index contributed by atoms with van der Waals surface area (Å²) in [6, 6.07) is 4.88. The van der Waals surface area contributed by atoms with Crippen molar-refractivity contribution in [3.63, 3.8) is 0 Å². The Morgan fingerprint density at radius 2 is 2.31 bits per heavy atom. The van der Waals surface area contributed by atoms with Crippen molar-refractivity contribution >= 4 is 11.6 Å². The van der Waals surface area contributed by atoms with Gasteiger partial charge in [-0.15, -0.1) is 0 Å². The lowest BCUT2D eigenvalue weighted by Gasteiger charge is -2.13. The second-order valence-electron chi connectivity index (χ2n) is 3.26. The average molecular weight is 239 g/mol. The first-order valence-electron chi connectivity index (χ1n) is 4.67. The Bertz CT molecular complexity index is 472. The van der Waals surface area contributed by atoms with Crippen molar-refractivity contribution < 1.29 is 4.74 Å². The number of rotatable bonds is 3. The Morgan fingerprint density at radius 1 is 1.50 bits per heavy atom. The zero-order valence-electron chi connectivity index (χ0n) is 8.64. The molecule has 2 rings (SSSR count). The van der Waals surface area contributed by atoms with Crippen LogP contribution in [0, 0.1) is 0 Å². The van der Waals surface area contributed by atoms with Crippen molar-refractivity contribution in [3.8, 4) is 5.75 Å².